The molecule has 0 bridgehead atoms. The van der Waals surface area contributed by atoms with E-state index in [0.717, 1.165) is 19.4 Å². The number of hydrogen-bond acceptors (Lipinski definition) is 5. The van der Waals surface area contributed by atoms with Gasteiger partial charge in [0.1, 0.15) is 0 Å². The van der Waals surface area contributed by atoms with Crippen LogP contribution in [-0.4, -0.2) is 33.6 Å². The van der Waals surface area contributed by atoms with Crippen LogP contribution in [0.25, 0.3) is 0 Å². The molecule has 1 fully saturated rings. The zero-order chi connectivity index (χ0) is 10.1. The Morgan fingerprint density at radius 3 is 3.00 bits per heavy atom. The molecule has 76 valence electrons. The van der Waals surface area contributed by atoms with Crippen molar-refractivity contribution in [1.29, 1.82) is 0 Å². The topological polar surface area (TPSA) is 62.4 Å². The quantitative estimate of drug-likeness (QED) is 0.701. The Kier molecular flexibility index (Phi) is 2.56. The number of nitrogens with zero attached hydrogens (tertiary/aromatic N) is 3. The maximum absolute atomic E-state index is 9.53. The second-order valence-electron chi connectivity index (χ2n) is 3.71. The highest BCUT2D eigenvalue weighted by atomic mass is 16.5. The highest BCUT2D eigenvalue weighted by Gasteiger charge is 2.34. The van der Waals surface area contributed by atoms with Gasteiger partial charge >= 0.3 is 7.05 Å². The summed E-state index contributed by atoms with van der Waals surface area (Å²) in [6.07, 6.45) is 2.05. The van der Waals surface area contributed by atoms with Crippen molar-refractivity contribution in [2.24, 2.45) is 0 Å². The number of aromatic nitrogens is 2. The standard InChI is InChI=1S/C8H14BN3O2/c1-6-10-8(14-11-6)7-4-3-5-12(7)9(2)13/h7,13H,3-5H2,1-2H3. The Morgan fingerprint density at radius 2 is 2.43 bits per heavy atom. The largest absolute Gasteiger partial charge is 0.437 e. The molecule has 1 unspecified atom stereocenters. The van der Waals surface area contributed by atoms with Gasteiger partial charge in [0, 0.05) is 0 Å². The minimum Gasteiger partial charge on any atom is -0.437 e. The molecule has 1 aromatic heterocycles. The molecule has 6 heteroatoms. The van der Waals surface area contributed by atoms with Crippen molar-refractivity contribution in [2.75, 3.05) is 6.54 Å². The van der Waals surface area contributed by atoms with E-state index < -0.39 is 7.05 Å². The second-order valence-corrected chi connectivity index (χ2v) is 3.71. The van der Waals surface area contributed by atoms with E-state index in [0.29, 0.717) is 11.7 Å². The van der Waals surface area contributed by atoms with Gasteiger partial charge in [-0.15, -0.1) is 0 Å². The average Bonchev–Trinajstić information content (AvgIpc) is 2.70. The lowest BCUT2D eigenvalue weighted by Gasteiger charge is -2.21. The van der Waals surface area contributed by atoms with Crippen LogP contribution >= 0.6 is 0 Å². The summed E-state index contributed by atoms with van der Waals surface area (Å²) in [5, 5.41) is 13.3. The van der Waals surface area contributed by atoms with Gasteiger partial charge < -0.3 is 14.4 Å². The number of hydrogen-bond donors (Lipinski definition) is 1. The third-order valence-corrected chi connectivity index (χ3v) is 2.60. The van der Waals surface area contributed by atoms with Crippen molar-refractivity contribution in [2.45, 2.75) is 32.6 Å². The fraction of sp³-hybridized carbons (Fsp3) is 0.750. The van der Waals surface area contributed by atoms with Gasteiger partial charge in [0.2, 0.25) is 5.89 Å². The lowest BCUT2D eigenvalue weighted by atomic mass is 9.84. The summed E-state index contributed by atoms with van der Waals surface area (Å²) in [4.78, 5) is 6.17. The molecular weight excluding hydrogens is 181 g/mol. The van der Waals surface area contributed by atoms with Crippen LogP contribution in [0.15, 0.2) is 4.52 Å². The van der Waals surface area contributed by atoms with E-state index in [-0.39, 0.29) is 6.04 Å². The molecule has 0 aromatic carbocycles. The Labute approximate surface area is 83.2 Å². The zero-order valence-electron chi connectivity index (χ0n) is 8.47. The predicted molar refractivity (Wildman–Crippen MR) is 51.6 cm³/mol. The van der Waals surface area contributed by atoms with E-state index in [9.17, 15) is 5.02 Å². The first-order valence-corrected chi connectivity index (χ1v) is 4.92. The first-order valence-electron chi connectivity index (χ1n) is 4.92. The molecule has 1 aliphatic heterocycles. The maximum atomic E-state index is 9.53. The lowest BCUT2D eigenvalue weighted by Crippen LogP contribution is -2.36. The Hall–Kier alpha value is -0.875. The Morgan fingerprint density at radius 1 is 1.64 bits per heavy atom. The van der Waals surface area contributed by atoms with E-state index in [4.69, 9.17) is 4.52 Å². The van der Waals surface area contributed by atoms with E-state index in [1.807, 2.05) is 4.81 Å². The van der Waals surface area contributed by atoms with Gasteiger partial charge in [-0.3, -0.25) is 0 Å². The molecule has 1 atom stereocenters. The first kappa shape index (κ1) is 9.67. The van der Waals surface area contributed by atoms with E-state index in [2.05, 4.69) is 10.1 Å². The van der Waals surface area contributed by atoms with Gasteiger partial charge in [-0.25, -0.2) is 0 Å². The van der Waals surface area contributed by atoms with Crippen LogP contribution in [0.4, 0.5) is 0 Å². The molecule has 1 aromatic rings. The fourth-order valence-corrected chi connectivity index (χ4v) is 1.95. The molecule has 0 aliphatic carbocycles. The van der Waals surface area contributed by atoms with Crippen LogP contribution in [0.5, 0.6) is 0 Å². The highest BCUT2D eigenvalue weighted by Crippen LogP contribution is 2.30. The van der Waals surface area contributed by atoms with Crippen molar-refractivity contribution >= 4 is 7.05 Å². The molecule has 1 aliphatic rings. The summed E-state index contributed by atoms with van der Waals surface area (Å²) in [6.45, 7) is 4.46. The molecule has 0 radical (unpaired) electrons. The Balaban J connectivity index is 2.17. The average molecular weight is 195 g/mol. The van der Waals surface area contributed by atoms with Gasteiger partial charge in [-0.05, 0) is 33.1 Å². The van der Waals surface area contributed by atoms with E-state index in [1.54, 1.807) is 13.7 Å². The number of aryl methyl sites for hydroxylation is 1. The van der Waals surface area contributed by atoms with Crippen molar-refractivity contribution in [3.05, 3.63) is 11.7 Å². The smallest absolute Gasteiger partial charge is 0.377 e. The zero-order valence-corrected chi connectivity index (χ0v) is 8.47. The van der Waals surface area contributed by atoms with Crippen molar-refractivity contribution < 1.29 is 9.55 Å². The van der Waals surface area contributed by atoms with Crippen LogP contribution in [0, 0.1) is 6.92 Å². The summed E-state index contributed by atoms with van der Waals surface area (Å²) in [5.74, 6) is 1.28. The van der Waals surface area contributed by atoms with Gasteiger partial charge in [0.05, 0.1) is 6.04 Å². The fourth-order valence-electron chi connectivity index (χ4n) is 1.95. The monoisotopic (exact) mass is 195 g/mol. The molecule has 14 heavy (non-hydrogen) atoms. The molecule has 1 saturated heterocycles. The van der Waals surface area contributed by atoms with Crippen LogP contribution < -0.4 is 0 Å². The summed E-state index contributed by atoms with van der Waals surface area (Å²) in [7, 11) is -0.449. The summed E-state index contributed by atoms with van der Waals surface area (Å²) in [6, 6.07) is 0.0937. The normalized spacial score (nSPS) is 22.9. The minimum absolute atomic E-state index is 0.0937. The molecule has 0 spiro atoms. The van der Waals surface area contributed by atoms with Crippen molar-refractivity contribution in [1.82, 2.24) is 15.0 Å². The van der Waals surface area contributed by atoms with Gasteiger partial charge in [-0.2, -0.15) is 4.98 Å². The third-order valence-electron chi connectivity index (χ3n) is 2.60. The van der Waals surface area contributed by atoms with Crippen LogP contribution in [0.1, 0.15) is 30.6 Å². The highest BCUT2D eigenvalue weighted by molar-refractivity contribution is 6.45. The molecule has 0 saturated carbocycles. The van der Waals surface area contributed by atoms with Crippen LogP contribution in [0.3, 0.4) is 0 Å². The van der Waals surface area contributed by atoms with Gasteiger partial charge in [0.25, 0.3) is 0 Å². The molecule has 2 rings (SSSR count). The molecular formula is C8H14BN3O2. The van der Waals surface area contributed by atoms with Gasteiger partial charge in [-0.1, -0.05) is 5.16 Å². The van der Waals surface area contributed by atoms with Gasteiger partial charge in [0.15, 0.2) is 5.82 Å². The lowest BCUT2D eigenvalue weighted by molar-refractivity contribution is 0.271. The van der Waals surface area contributed by atoms with Crippen LogP contribution in [0.2, 0.25) is 6.82 Å². The summed E-state index contributed by atoms with van der Waals surface area (Å²) >= 11 is 0. The Bertz CT molecular complexity index is 315. The van der Waals surface area contributed by atoms with Crippen molar-refractivity contribution in [3.8, 4) is 0 Å². The maximum Gasteiger partial charge on any atom is 0.377 e. The SMILES string of the molecule is CB(O)N1CCCC1c1nc(C)no1. The molecule has 5 nitrogen and oxygen atoms in total. The summed E-state index contributed by atoms with van der Waals surface area (Å²) in [5.41, 5.74) is 0. The molecule has 0 amide bonds. The third kappa shape index (κ3) is 1.67. The van der Waals surface area contributed by atoms with Crippen molar-refractivity contribution in [3.63, 3.8) is 0 Å². The second kappa shape index (κ2) is 3.71. The van der Waals surface area contributed by atoms with Crippen LogP contribution in [-0.2, 0) is 0 Å². The van der Waals surface area contributed by atoms with E-state index >= 15 is 0 Å². The summed E-state index contributed by atoms with van der Waals surface area (Å²) < 4.78 is 5.11. The van der Waals surface area contributed by atoms with E-state index in [1.165, 1.54) is 0 Å². The first-order chi connectivity index (χ1) is 6.68. The molecule has 1 N–H and O–H groups in total. The predicted octanol–water partition coefficient (Wildman–Crippen LogP) is 0.625. The minimum atomic E-state index is -0.449. The molecule has 2 heterocycles. The number of rotatable bonds is 2.